The van der Waals surface area contributed by atoms with Crippen molar-refractivity contribution in [1.82, 2.24) is 0 Å². The molecule has 4 heteroatoms. The standard InChI is InChI=1S/C20H17FN2O/c1-13(15-6-4-14(2)16(10-15)12-22)5-8-19(23)18-11-17(21)7-9-20(18)24-3/h4,6-11,23H,1-3H3. The van der Waals surface area contributed by atoms with E-state index in [1.165, 1.54) is 31.4 Å². The number of hydrogen-bond acceptors (Lipinski definition) is 3. The van der Waals surface area contributed by atoms with Crippen molar-refractivity contribution in [2.24, 2.45) is 0 Å². The summed E-state index contributed by atoms with van der Waals surface area (Å²) < 4.78 is 18.6. The summed E-state index contributed by atoms with van der Waals surface area (Å²) in [6.07, 6.45) is 1.47. The van der Waals surface area contributed by atoms with Crippen molar-refractivity contribution in [2.45, 2.75) is 13.8 Å². The lowest BCUT2D eigenvalue weighted by molar-refractivity contribution is 0.413. The van der Waals surface area contributed by atoms with Gasteiger partial charge < -0.3 is 4.74 Å². The Morgan fingerprint density at radius 1 is 1.25 bits per heavy atom. The Morgan fingerprint density at radius 3 is 2.67 bits per heavy atom. The second-order valence-corrected chi connectivity index (χ2v) is 5.31. The molecule has 2 aromatic carbocycles. The van der Waals surface area contributed by atoms with E-state index in [1.54, 1.807) is 6.07 Å². The molecule has 0 fully saturated rings. The fourth-order valence-electron chi connectivity index (χ4n) is 2.21. The number of hydrogen-bond donors (Lipinski definition) is 1. The van der Waals surface area contributed by atoms with Crippen LogP contribution < -0.4 is 4.74 Å². The fraction of sp³-hybridized carbons (Fsp3) is 0.150. The third-order valence-electron chi connectivity index (χ3n) is 3.68. The summed E-state index contributed by atoms with van der Waals surface area (Å²) in [6, 6.07) is 11.8. The summed E-state index contributed by atoms with van der Waals surface area (Å²) in [7, 11) is 1.48. The predicted molar refractivity (Wildman–Crippen MR) is 92.8 cm³/mol. The van der Waals surface area contributed by atoms with E-state index in [2.05, 4.69) is 11.8 Å². The number of benzene rings is 2. The van der Waals surface area contributed by atoms with Gasteiger partial charge in [-0.2, -0.15) is 5.26 Å². The second-order valence-electron chi connectivity index (χ2n) is 5.31. The highest BCUT2D eigenvalue weighted by molar-refractivity contribution is 6.08. The number of methoxy groups -OCH3 is 1. The van der Waals surface area contributed by atoms with Crippen LogP contribution in [0.3, 0.4) is 0 Å². The van der Waals surface area contributed by atoms with Crippen LogP contribution in [0.15, 0.2) is 48.2 Å². The van der Waals surface area contributed by atoms with Crippen LogP contribution in [0.25, 0.3) is 5.57 Å². The Bertz CT molecular complexity index is 900. The summed E-state index contributed by atoms with van der Waals surface area (Å²) in [6.45, 7) is 3.72. The molecule has 0 spiro atoms. The molecule has 0 amide bonds. The SMILES string of the molecule is COc1ccc(F)cc1C(=N)C=C=C(C)c1ccc(C)c(C#N)c1. The molecule has 120 valence electrons. The second kappa shape index (κ2) is 7.41. The molecular formula is C20H17FN2O. The van der Waals surface area contributed by atoms with Crippen LogP contribution in [-0.4, -0.2) is 12.8 Å². The van der Waals surface area contributed by atoms with E-state index in [9.17, 15) is 4.39 Å². The number of nitriles is 1. The van der Waals surface area contributed by atoms with Gasteiger partial charge in [0.05, 0.1) is 24.5 Å². The molecular weight excluding hydrogens is 303 g/mol. The molecule has 0 aliphatic rings. The zero-order valence-electron chi connectivity index (χ0n) is 13.8. The van der Waals surface area contributed by atoms with E-state index in [0.29, 0.717) is 16.9 Å². The van der Waals surface area contributed by atoms with Gasteiger partial charge in [0, 0.05) is 11.6 Å². The van der Waals surface area contributed by atoms with Crippen molar-refractivity contribution in [3.63, 3.8) is 0 Å². The molecule has 0 atom stereocenters. The number of nitrogens with one attached hydrogen (secondary N) is 1. The lowest BCUT2D eigenvalue weighted by Crippen LogP contribution is -1.99. The molecule has 0 saturated heterocycles. The molecule has 0 bridgehead atoms. The number of rotatable bonds is 4. The minimum Gasteiger partial charge on any atom is -0.496 e. The summed E-state index contributed by atoms with van der Waals surface area (Å²) in [5.41, 5.74) is 6.63. The van der Waals surface area contributed by atoms with Crippen LogP contribution in [-0.2, 0) is 0 Å². The number of halogens is 1. The normalized spacial score (nSPS) is 9.62. The smallest absolute Gasteiger partial charge is 0.128 e. The lowest BCUT2D eigenvalue weighted by atomic mass is 10.0. The maximum Gasteiger partial charge on any atom is 0.128 e. The Kier molecular flexibility index (Phi) is 5.31. The summed E-state index contributed by atoms with van der Waals surface area (Å²) in [4.78, 5) is 0. The molecule has 0 radical (unpaired) electrons. The van der Waals surface area contributed by atoms with Crippen LogP contribution in [0.4, 0.5) is 4.39 Å². The van der Waals surface area contributed by atoms with Gasteiger partial charge in [0.2, 0.25) is 0 Å². The Hall–Kier alpha value is -3.15. The van der Waals surface area contributed by atoms with Gasteiger partial charge in [-0.3, -0.25) is 5.41 Å². The van der Waals surface area contributed by atoms with Gasteiger partial charge in [-0.1, -0.05) is 12.1 Å². The van der Waals surface area contributed by atoms with Gasteiger partial charge in [0.15, 0.2) is 0 Å². The first-order valence-corrected chi connectivity index (χ1v) is 7.33. The van der Waals surface area contributed by atoms with E-state index in [-0.39, 0.29) is 5.71 Å². The third-order valence-corrected chi connectivity index (χ3v) is 3.68. The van der Waals surface area contributed by atoms with Gasteiger partial charge in [-0.15, -0.1) is 5.73 Å². The first kappa shape index (κ1) is 17.2. The molecule has 0 aliphatic heterocycles. The first-order chi connectivity index (χ1) is 11.5. The highest BCUT2D eigenvalue weighted by Gasteiger charge is 2.08. The maximum absolute atomic E-state index is 13.4. The topological polar surface area (TPSA) is 56.9 Å². The fourth-order valence-corrected chi connectivity index (χ4v) is 2.21. The summed E-state index contributed by atoms with van der Waals surface area (Å²) in [5.74, 6) is 0.000976. The number of ether oxygens (including phenoxy) is 1. The Morgan fingerprint density at radius 2 is 2.00 bits per heavy atom. The van der Waals surface area contributed by atoms with Crippen molar-refractivity contribution in [2.75, 3.05) is 7.11 Å². The average Bonchev–Trinajstić information content (AvgIpc) is 2.59. The molecule has 24 heavy (non-hydrogen) atoms. The monoisotopic (exact) mass is 320 g/mol. The van der Waals surface area contributed by atoms with Gasteiger partial charge in [-0.05, 0) is 54.8 Å². The molecule has 3 nitrogen and oxygen atoms in total. The van der Waals surface area contributed by atoms with E-state index in [4.69, 9.17) is 15.4 Å². The minimum atomic E-state index is -0.429. The van der Waals surface area contributed by atoms with Gasteiger partial charge in [-0.25, -0.2) is 4.39 Å². The Balaban J connectivity index is 2.38. The summed E-state index contributed by atoms with van der Waals surface area (Å²) in [5, 5.41) is 17.2. The van der Waals surface area contributed by atoms with E-state index < -0.39 is 5.82 Å². The summed E-state index contributed by atoms with van der Waals surface area (Å²) >= 11 is 0. The number of nitrogens with zero attached hydrogens (tertiary/aromatic N) is 1. The highest BCUT2D eigenvalue weighted by atomic mass is 19.1. The number of aryl methyl sites for hydroxylation is 1. The zero-order chi connectivity index (χ0) is 17.7. The largest absolute Gasteiger partial charge is 0.496 e. The first-order valence-electron chi connectivity index (χ1n) is 7.33. The van der Waals surface area contributed by atoms with Gasteiger partial charge in [0.25, 0.3) is 0 Å². The van der Waals surface area contributed by atoms with Crippen LogP contribution >= 0.6 is 0 Å². The van der Waals surface area contributed by atoms with Crippen LogP contribution in [0.1, 0.15) is 29.2 Å². The van der Waals surface area contributed by atoms with Crippen LogP contribution in [0.5, 0.6) is 5.75 Å². The highest BCUT2D eigenvalue weighted by Crippen LogP contribution is 2.21. The molecule has 1 N–H and O–H groups in total. The van der Waals surface area contributed by atoms with Gasteiger partial charge >= 0.3 is 0 Å². The predicted octanol–water partition coefficient (Wildman–Crippen LogP) is 4.64. The van der Waals surface area contributed by atoms with Crippen LogP contribution in [0, 0.1) is 29.5 Å². The zero-order valence-corrected chi connectivity index (χ0v) is 13.8. The van der Waals surface area contributed by atoms with Crippen molar-refractivity contribution >= 4 is 11.3 Å². The third kappa shape index (κ3) is 3.78. The molecule has 2 aromatic rings. The molecule has 0 saturated carbocycles. The molecule has 0 heterocycles. The van der Waals surface area contributed by atoms with Crippen molar-refractivity contribution in [1.29, 1.82) is 10.7 Å². The average molecular weight is 320 g/mol. The van der Waals surface area contributed by atoms with Crippen molar-refractivity contribution in [3.05, 3.63) is 76.3 Å². The van der Waals surface area contributed by atoms with Crippen molar-refractivity contribution < 1.29 is 9.13 Å². The number of allylic oxidation sites excluding steroid dienone is 1. The van der Waals surface area contributed by atoms with E-state index in [1.807, 2.05) is 26.0 Å². The van der Waals surface area contributed by atoms with Gasteiger partial charge in [0.1, 0.15) is 11.6 Å². The maximum atomic E-state index is 13.4. The quantitative estimate of drug-likeness (QED) is 0.659. The van der Waals surface area contributed by atoms with Crippen LogP contribution in [0.2, 0.25) is 0 Å². The molecule has 0 unspecified atom stereocenters. The molecule has 0 aliphatic carbocycles. The lowest BCUT2D eigenvalue weighted by Gasteiger charge is -2.06. The van der Waals surface area contributed by atoms with Crippen molar-refractivity contribution in [3.8, 4) is 11.8 Å². The minimum absolute atomic E-state index is 0.0957. The Labute approximate surface area is 140 Å². The molecule has 0 aromatic heterocycles. The molecule has 2 rings (SSSR count). The van der Waals surface area contributed by atoms with E-state index in [0.717, 1.165) is 16.7 Å². The van der Waals surface area contributed by atoms with E-state index >= 15 is 0 Å².